The minimum Gasteiger partial charge on any atom is -0.272 e. The van der Waals surface area contributed by atoms with Crippen molar-refractivity contribution in [3.05, 3.63) is 89.7 Å². The molecule has 4 rings (SSSR count). The molecule has 0 atom stereocenters. The van der Waals surface area contributed by atoms with Gasteiger partial charge in [0.15, 0.2) is 11.0 Å². The Balaban J connectivity index is 1.56. The van der Waals surface area contributed by atoms with E-state index < -0.39 is 0 Å². The number of amides is 1. The molecule has 184 valence electrons. The highest BCUT2D eigenvalue weighted by Crippen LogP contribution is 2.30. The molecule has 0 aliphatic heterocycles. The van der Waals surface area contributed by atoms with Crippen molar-refractivity contribution in [1.29, 1.82) is 0 Å². The Morgan fingerprint density at radius 2 is 1.75 bits per heavy atom. The van der Waals surface area contributed by atoms with Crippen LogP contribution >= 0.6 is 11.8 Å². The second-order valence-corrected chi connectivity index (χ2v) is 10.5. The number of nitrogens with one attached hydrogen (secondary N) is 1. The van der Waals surface area contributed by atoms with E-state index in [-0.39, 0.29) is 17.1 Å². The van der Waals surface area contributed by atoms with Crippen LogP contribution < -0.4 is 5.43 Å². The first-order chi connectivity index (χ1) is 17.2. The van der Waals surface area contributed by atoms with E-state index in [1.165, 1.54) is 22.9 Å². The van der Waals surface area contributed by atoms with Crippen LogP contribution in [0, 0.1) is 6.92 Å². The van der Waals surface area contributed by atoms with E-state index in [9.17, 15) is 4.79 Å². The zero-order chi connectivity index (χ0) is 25.7. The van der Waals surface area contributed by atoms with Crippen molar-refractivity contribution < 1.29 is 4.79 Å². The van der Waals surface area contributed by atoms with Gasteiger partial charge in [0, 0.05) is 29.2 Å². The predicted octanol–water partition coefficient (Wildman–Crippen LogP) is 5.57. The summed E-state index contributed by atoms with van der Waals surface area (Å²) in [5.74, 6) is 0.655. The van der Waals surface area contributed by atoms with Gasteiger partial charge in [0.1, 0.15) is 0 Å². The van der Waals surface area contributed by atoms with Crippen LogP contribution in [-0.4, -0.2) is 37.1 Å². The average molecular weight is 499 g/mol. The molecule has 2 heterocycles. The number of pyridine rings is 1. The van der Waals surface area contributed by atoms with Crippen molar-refractivity contribution in [2.45, 2.75) is 45.2 Å². The summed E-state index contributed by atoms with van der Waals surface area (Å²) < 4.78 is 1.99. The fourth-order valence-electron chi connectivity index (χ4n) is 3.55. The van der Waals surface area contributed by atoms with Gasteiger partial charge in [0.2, 0.25) is 0 Å². The van der Waals surface area contributed by atoms with Crippen LogP contribution in [0.25, 0.3) is 17.1 Å². The number of hydrazone groups is 1. The fourth-order valence-corrected chi connectivity index (χ4v) is 4.29. The summed E-state index contributed by atoms with van der Waals surface area (Å²) in [6.07, 6.45) is 3.41. The number of aromatic nitrogens is 4. The summed E-state index contributed by atoms with van der Waals surface area (Å²) in [7, 11) is 0. The van der Waals surface area contributed by atoms with E-state index in [2.05, 4.69) is 89.8 Å². The van der Waals surface area contributed by atoms with Gasteiger partial charge >= 0.3 is 0 Å². The topological polar surface area (TPSA) is 85.1 Å². The van der Waals surface area contributed by atoms with Crippen molar-refractivity contribution in [3.8, 4) is 17.1 Å². The van der Waals surface area contributed by atoms with Crippen LogP contribution in [0.2, 0.25) is 0 Å². The third kappa shape index (κ3) is 6.07. The molecular formula is C28H30N6OS. The summed E-state index contributed by atoms with van der Waals surface area (Å²) >= 11 is 1.32. The molecule has 2 aromatic heterocycles. The molecular weight excluding hydrogens is 468 g/mol. The highest BCUT2D eigenvalue weighted by molar-refractivity contribution is 7.99. The molecule has 0 spiro atoms. The SMILES string of the molecule is C/C(=N\NC(=O)CSc1nnc(-c2ccc(C(C)(C)C)cc2)n1-c1ccc(C)cc1)c1cccnc1. The Hall–Kier alpha value is -3.78. The third-order valence-electron chi connectivity index (χ3n) is 5.69. The molecule has 1 amide bonds. The van der Waals surface area contributed by atoms with Crippen LogP contribution in [-0.2, 0) is 10.2 Å². The van der Waals surface area contributed by atoms with E-state index in [1.54, 1.807) is 12.4 Å². The van der Waals surface area contributed by atoms with E-state index in [0.717, 1.165) is 22.6 Å². The zero-order valence-electron chi connectivity index (χ0n) is 21.2. The van der Waals surface area contributed by atoms with Gasteiger partial charge in [-0.25, -0.2) is 5.43 Å². The van der Waals surface area contributed by atoms with Crippen molar-refractivity contribution in [2.75, 3.05) is 5.75 Å². The number of aryl methyl sites for hydroxylation is 1. The average Bonchev–Trinajstić information content (AvgIpc) is 3.30. The fraction of sp³-hybridized carbons (Fsp3) is 0.250. The number of hydrogen-bond acceptors (Lipinski definition) is 6. The molecule has 8 heteroatoms. The lowest BCUT2D eigenvalue weighted by Crippen LogP contribution is -2.21. The highest BCUT2D eigenvalue weighted by atomic mass is 32.2. The second-order valence-electron chi connectivity index (χ2n) is 9.57. The minimum absolute atomic E-state index is 0.0649. The summed E-state index contributed by atoms with van der Waals surface area (Å²) in [4.78, 5) is 16.6. The van der Waals surface area contributed by atoms with E-state index in [0.29, 0.717) is 10.9 Å². The van der Waals surface area contributed by atoms with Crippen LogP contribution in [0.5, 0.6) is 0 Å². The number of nitrogens with zero attached hydrogens (tertiary/aromatic N) is 5. The molecule has 0 radical (unpaired) electrons. The van der Waals surface area contributed by atoms with Gasteiger partial charge in [-0.2, -0.15) is 5.10 Å². The molecule has 4 aromatic rings. The number of hydrogen-bond donors (Lipinski definition) is 1. The number of carbonyl (C=O) groups excluding carboxylic acids is 1. The summed E-state index contributed by atoms with van der Waals surface area (Å²) in [5, 5.41) is 13.8. The van der Waals surface area contributed by atoms with Gasteiger partial charge in [-0.15, -0.1) is 10.2 Å². The molecule has 7 nitrogen and oxygen atoms in total. The molecule has 0 bridgehead atoms. The second kappa shape index (κ2) is 10.9. The molecule has 0 aliphatic carbocycles. The van der Waals surface area contributed by atoms with Crippen LogP contribution in [0.15, 0.2) is 83.3 Å². The first kappa shape index (κ1) is 25.3. The lowest BCUT2D eigenvalue weighted by Gasteiger charge is -2.19. The van der Waals surface area contributed by atoms with Crippen LogP contribution in [0.4, 0.5) is 0 Å². The maximum Gasteiger partial charge on any atom is 0.250 e. The number of rotatable bonds is 7. The van der Waals surface area contributed by atoms with Gasteiger partial charge in [-0.3, -0.25) is 14.3 Å². The zero-order valence-corrected chi connectivity index (χ0v) is 22.0. The molecule has 0 saturated carbocycles. The van der Waals surface area contributed by atoms with E-state index in [4.69, 9.17) is 0 Å². The van der Waals surface area contributed by atoms with Gasteiger partial charge in [-0.1, -0.05) is 80.6 Å². The Kier molecular flexibility index (Phi) is 7.64. The van der Waals surface area contributed by atoms with Gasteiger partial charge in [0.25, 0.3) is 5.91 Å². The summed E-state index contributed by atoms with van der Waals surface area (Å²) in [5.41, 5.74) is 8.54. The lowest BCUT2D eigenvalue weighted by molar-refractivity contribution is -0.118. The number of benzene rings is 2. The van der Waals surface area contributed by atoms with Crippen molar-refractivity contribution in [2.24, 2.45) is 5.10 Å². The predicted molar refractivity (Wildman–Crippen MR) is 146 cm³/mol. The third-order valence-corrected chi connectivity index (χ3v) is 6.62. The maximum absolute atomic E-state index is 12.5. The van der Waals surface area contributed by atoms with E-state index in [1.807, 2.05) is 35.8 Å². The Bertz CT molecular complexity index is 1350. The summed E-state index contributed by atoms with van der Waals surface area (Å²) in [6, 6.07) is 20.3. The molecule has 2 aromatic carbocycles. The standard InChI is InChI=1S/C28H30N6OS/c1-19-8-14-24(15-9-19)34-26(21-10-12-23(13-11-21)28(3,4)5)32-33-27(34)36-18-25(35)31-30-20(2)22-7-6-16-29-17-22/h6-17H,18H2,1-5H3,(H,31,35)/b30-20+. The Morgan fingerprint density at radius 1 is 1.03 bits per heavy atom. The molecule has 36 heavy (non-hydrogen) atoms. The smallest absolute Gasteiger partial charge is 0.250 e. The Morgan fingerprint density at radius 3 is 2.39 bits per heavy atom. The van der Waals surface area contributed by atoms with Crippen molar-refractivity contribution >= 4 is 23.4 Å². The number of carbonyl (C=O) groups is 1. The van der Waals surface area contributed by atoms with Crippen LogP contribution in [0.1, 0.15) is 44.4 Å². The monoisotopic (exact) mass is 498 g/mol. The molecule has 0 unspecified atom stereocenters. The van der Waals surface area contributed by atoms with Crippen molar-refractivity contribution in [1.82, 2.24) is 25.2 Å². The molecule has 0 saturated heterocycles. The lowest BCUT2D eigenvalue weighted by atomic mass is 9.87. The first-order valence-electron chi connectivity index (χ1n) is 11.7. The molecule has 0 fully saturated rings. The van der Waals surface area contributed by atoms with Gasteiger partial charge in [-0.05, 0) is 43.0 Å². The highest BCUT2D eigenvalue weighted by Gasteiger charge is 2.19. The van der Waals surface area contributed by atoms with Crippen LogP contribution in [0.3, 0.4) is 0 Å². The normalized spacial score (nSPS) is 12.0. The number of thioether (sulfide) groups is 1. The first-order valence-corrected chi connectivity index (χ1v) is 12.7. The quantitative estimate of drug-likeness (QED) is 0.205. The molecule has 0 aliphatic rings. The van der Waals surface area contributed by atoms with E-state index >= 15 is 0 Å². The Labute approximate surface area is 216 Å². The maximum atomic E-state index is 12.5. The largest absolute Gasteiger partial charge is 0.272 e. The summed E-state index contributed by atoms with van der Waals surface area (Å²) in [6.45, 7) is 10.5. The van der Waals surface area contributed by atoms with Crippen molar-refractivity contribution in [3.63, 3.8) is 0 Å². The van der Waals surface area contributed by atoms with Gasteiger partial charge < -0.3 is 0 Å². The molecule has 1 N–H and O–H groups in total. The van der Waals surface area contributed by atoms with Gasteiger partial charge in [0.05, 0.1) is 11.5 Å². The minimum atomic E-state index is -0.224.